The van der Waals surface area contributed by atoms with Crippen molar-refractivity contribution in [3.63, 3.8) is 0 Å². The summed E-state index contributed by atoms with van der Waals surface area (Å²) in [6, 6.07) is 9.96. The van der Waals surface area contributed by atoms with Gasteiger partial charge in [-0.3, -0.25) is 0 Å². The molecule has 0 bridgehead atoms. The summed E-state index contributed by atoms with van der Waals surface area (Å²) in [6.07, 6.45) is 1.62. The third-order valence-corrected chi connectivity index (χ3v) is 2.18. The van der Waals surface area contributed by atoms with Gasteiger partial charge in [0.05, 0.1) is 5.56 Å². The molecule has 0 aliphatic rings. The highest BCUT2D eigenvalue weighted by Gasteiger charge is 2.05. The van der Waals surface area contributed by atoms with Gasteiger partial charge in [-0.25, -0.2) is 0 Å². The van der Waals surface area contributed by atoms with Crippen LogP contribution in [0.4, 0.5) is 0 Å². The van der Waals surface area contributed by atoms with Gasteiger partial charge in [-0.15, -0.1) is 0 Å². The Balaban J connectivity index is 2.51. The van der Waals surface area contributed by atoms with Gasteiger partial charge in [0.1, 0.15) is 6.26 Å². The highest BCUT2D eigenvalue weighted by Crippen LogP contribution is 2.26. The van der Waals surface area contributed by atoms with Crippen LogP contribution in [0.3, 0.4) is 0 Å². The monoisotopic (exact) mass is 223 g/mol. The predicted octanol–water partition coefficient (Wildman–Crippen LogP) is 3.10. The third-order valence-electron chi connectivity index (χ3n) is 1.61. The second-order valence-corrected chi connectivity index (χ2v) is 3.14. The lowest BCUT2D eigenvalue weighted by molar-refractivity contribution is 0.416. The molecule has 2 nitrogen and oxygen atoms in total. The first-order valence-electron chi connectivity index (χ1n) is 3.53. The fourth-order valence-corrected chi connectivity index (χ4v) is 1.43. The maximum Gasteiger partial charge on any atom is 0.157 e. The normalized spacial score (nSPS) is 10.1. The Morgan fingerprint density at radius 3 is 2.50 bits per heavy atom. The van der Waals surface area contributed by atoms with Crippen molar-refractivity contribution in [1.82, 2.24) is 5.16 Å². The molecule has 0 N–H and O–H groups in total. The molecule has 0 aliphatic heterocycles. The van der Waals surface area contributed by atoms with Crippen molar-refractivity contribution in [2.24, 2.45) is 0 Å². The van der Waals surface area contributed by atoms with Crippen molar-refractivity contribution < 1.29 is 4.52 Å². The third kappa shape index (κ3) is 1.28. The van der Waals surface area contributed by atoms with E-state index in [1.165, 1.54) is 0 Å². The van der Waals surface area contributed by atoms with E-state index in [9.17, 15) is 0 Å². The van der Waals surface area contributed by atoms with E-state index < -0.39 is 0 Å². The summed E-state index contributed by atoms with van der Waals surface area (Å²) in [7, 11) is 0. The average Bonchev–Trinajstić information content (AvgIpc) is 2.53. The van der Waals surface area contributed by atoms with Gasteiger partial charge < -0.3 is 4.52 Å². The van der Waals surface area contributed by atoms with Crippen molar-refractivity contribution in [2.45, 2.75) is 0 Å². The summed E-state index contributed by atoms with van der Waals surface area (Å²) >= 11 is 3.30. The Labute approximate surface area is 78.3 Å². The van der Waals surface area contributed by atoms with Crippen LogP contribution in [0.15, 0.2) is 45.7 Å². The summed E-state index contributed by atoms with van der Waals surface area (Å²) in [6.45, 7) is 0. The molecule has 0 atom stereocenters. The van der Waals surface area contributed by atoms with Crippen molar-refractivity contribution in [3.8, 4) is 11.1 Å². The number of hydrogen-bond acceptors (Lipinski definition) is 2. The van der Waals surface area contributed by atoms with Crippen molar-refractivity contribution in [3.05, 3.63) is 41.2 Å². The van der Waals surface area contributed by atoms with Gasteiger partial charge >= 0.3 is 0 Å². The van der Waals surface area contributed by atoms with E-state index >= 15 is 0 Å². The Kier molecular flexibility index (Phi) is 1.96. The van der Waals surface area contributed by atoms with E-state index in [1.807, 2.05) is 30.3 Å². The van der Waals surface area contributed by atoms with Crippen LogP contribution in [0.5, 0.6) is 0 Å². The van der Waals surface area contributed by atoms with E-state index in [0.717, 1.165) is 15.7 Å². The Hall–Kier alpha value is -1.09. The minimum Gasteiger partial charge on any atom is -0.363 e. The van der Waals surface area contributed by atoms with Gasteiger partial charge in [0.15, 0.2) is 4.60 Å². The number of benzene rings is 1. The number of aromatic nitrogens is 1. The molecular weight excluding hydrogens is 218 g/mol. The van der Waals surface area contributed by atoms with E-state index in [2.05, 4.69) is 21.1 Å². The largest absolute Gasteiger partial charge is 0.363 e. The number of halogens is 1. The molecule has 60 valence electrons. The molecule has 3 heteroatoms. The standard InChI is InChI=1S/C9H6BrNO/c10-9-8(6-12-11-9)7-4-2-1-3-5-7/h1-6H. The fourth-order valence-electron chi connectivity index (χ4n) is 1.03. The van der Waals surface area contributed by atoms with Gasteiger partial charge in [-0.2, -0.15) is 0 Å². The van der Waals surface area contributed by atoms with Gasteiger partial charge in [0.2, 0.25) is 0 Å². The highest BCUT2D eigenvalue weighted by molar-refractivity contribution is 9.10. The molecule has 12 heavy (non-hydrogen) atoms. The molecule has 0 fully saturated rings. The maximum absolute atomic E-state index is 4.80. The zero-order valence-corrected chi connectivity index (χ0v) is 7.78. The predicted molar refractivity (Wildman–Crippen MR) is 49.6 cm³/mol. The van der Waals surface area contributed by atoms with Gasteiger partial charge in [0, 0.05) is 0 Å². The molecule has 0 radical (unpaired) electrons. The lowest BCUT2D eigenvalue weighted by Gasteiger charge is -1.93. The Bertz CT molecular complexity index is 369. The molecule has 0 saturated carbocycles. The molecule has 0 amide bonds. The first kappa shape index (κ1) is 7.55. The van der Waals surface area contributed by atoms with Crippen LogP contribution in [0.2, 0.25) is 0 Å². The van der Waals surface area contributed by atoms with Gasteiger partial charge in [0.25, 0.3) is 0 Å². The van der Waals surface area contributed by atoms with Gasteiger partial charge in [-0.1, -0.05) is 35.5 Å². The molecule has 0 unspecified atom stereocenters. The molecule has 1 aromatic heterocycles. The topological polar surface area (TPSA) is 26.0 Å². The number of hydrogen-bond donors (Lipinski definition) is 0. The summed E-state index contributed by atoms with van der Waals surface area (Å²) < 4.78 is 5.55. The SMILES string of the molecule is Brc1nocc1-c1ccccc1. The smallest absolute Gasteiger partial charge is 0.157 e. The summed E-state index contributed by atoms with van der Waals surface area (Å²) in [5.74, 6) is 0. The molecule has 1 heterocycles. The average molecular weight is 224 g/mol. The first-order chi connectivity index (χ1) is 5.88. The van der Waals surface area contributed by atoms with E-state index in [4.69, 9.17) is 4.52 Å². The molecular formula is C9H6BrNO. The first-order valence-corrected chi connectivity index (χ1v) is 4.32. The molecule has 2 aromatic rings. The second kappa shape index (κ2) is 3.11. The quantitative estimate of drug-likeness (QED) is 0.743. The molecule has 0 saturated heterocycles. The van der Waals surface area contributed by atoms with Crippen LogP contribution in [0.1, 0.15) is 0 Å². The molecule has 0 aliphatic carbocycles. The Morgan fingerprint density at radius 2 is 1.92 bits per heavy atom. The number of nitrogens with zero attached hydrogens (tertiary/aromatic N) is 1. The van der Waals surface area contributed by atoms with Crippen LogP contribution >= 0.6 is 15.9 Å². The zero-order chi connectivity index (χ0) is 8.39. The van der Waals surface area contributed by atoms with Crippen molar-refractivity contribution in [2.75, 3.05) is 0 Å². The summed E-state index contributed by atoms with van der Waals surface area (Å²) in [5.41, 5.74) is 2.08. The Morgan fingerprint density at radius 1 is 1.17 bits per heavy atom. The van der Waals surface area contributed by atoms with Gasteiger partial charge in [-0.05, 0) is 21.5 Å². The van der Waals surface area contributed by atoms with Crippen molar-refractivity contribution >= 4 is 15.9 Å². The second-order valence-electron chi connectivity index (χ2n) is 2.39. The molecule has 1 aromatic carbocycles. The van der Waals surface area contributed by atoms with E-state index in [-0.39, 0.29) is 0 Å². The minimum atomic E-state index is 0.744. The van der Waals surface area contributed by atoms with Crippen LogP contribution in [-0.2, 0) is 0 Å². The van der Waals surface area contributed by atoms with Crippen LogP contribution in [-0.4, -0.2) is 5.16 Å². The van der Waals surface area contributed by atoms with Crippen LogP contribution < -0.4 is 0 Å². The fraction of sp³-hybridized carbons (Fsp3) is 0. The zero-order valence-electron chi connectivity index (χ0n) is 6.20. The van der Waals surface area contributed by atoms with Crippen LogP contribution in [0.25, 0.3) is 11.1 Å². The van der Waals surface area contributed by atoms with E-state index in [0.29, 0.717) is 0 Å². The molecule has 2 rings (SSSR count). The number of rotatable bonds is 1. The summed E-state index contributed by atoms with van der Waals surface area (Å²) in [4.78, 5) is 0. The lowest BCUT2D eigenvalue weighted by atomic mass is 10.1. The summed E-state index contributed by atoms with van der Waals surface area (Å²) in [5, 5.41) is 3.73. The van der Waals surface area contributed by atoms with E-state index in [1.54, 1.807) is 6.26 Å². The van der Waals surface area contributed by atoms with Crippen molar-refractivity contribution in [1.29, 1.82) is 0 Å². The van der Waals surface area contributed by atoms with Crippen LogP contribution in [0, 0.1) is 0 Å². The maximum atomic E-state index is 4.80. The molecule has 0 spiro atoms. The lowest BCUT2D eigenvalue weighted by Crippen LogP contribution is -1.72. The minimum absolute atomic E-state index is 0.744. The highest BCUT2D eigenvalue weighted by atomic mass is 79.9.